The summed E-state index contributed by atoms with van der Waals surface area (Å²) in [6, 6.07) is 9.04. The molecule has 0 spiro atoms. The van der Waals surface area contributed by atoms with Crippen molar-refractivity contribution in [3.63, 3.8) is 0 Å². The fourth-order valence-corrected chi connectivity index (χ4v) is 1.73. The Morgan fingerprint density at radius 2 is 1.94 bits per heavy atom. The lowest BCUT2D eigenvalue weighted by atomic mass is 10.1. The van der Waals surface area contributed by atoms with Crippen LogP contribution in [0.1, 0.15) is 16.2 Å². The van der Waals surface area contributed by atoms with Crippen molar-refractivity contribution in [2.24, 2.45) is 0 Å². The van der Waals surface area contributed by atoms with Crippen molar-refractivity contribution >= 4 is 21.7 Å². The van der Waals surface area contributed by atoms with Gasteiger partial charge in [-0.1, -0.05) is 28.1 Å². The molecule has 0 saturated heterocycles. The molecule has 0 unspecified atom stereocenters. The van der Waals surface area contributed by atoms with Gasteiger partial charge in [-0.3, -0.25) is 4.79 Å². The molecule has 1 aromatic carbocycles. The maximum absolute atomic E-state index is 11.9. The average molecular weight is 277 g/mol. The molecule has 0 radical (unpaired) electrons. The van der Waals surface area contributed by atoms with Gasteiger partial charge in [-0.25, -0.2) is 9.97 Å². The Labute approximate surface area is 102 Å². The monoisotopic (exact) mass is 276 g/mol. The molecule has 2 rings (SSSR count). The van der Waals surface area contributed by atoms with Crippen molar-refractivity contribution in [1.82, 2.24) is 9.97 Å². The minimum atomic E-state index is 0.0208. The van der Waals surface area contributed by atoms with Crippen LogP contribution in [0.5, 0.6) is 0 Å². The zero-order chi connectivity index (χ0) is 11.4. The molecular formula is C12H9BrN2O. The second kappa shape index (κ2) is 4.99. The van der Waals surface area contributed by atoms with Gasteiger partial charge in [0.25, 0.3) is 0 Å². The van der Waals surface area contributed by atoms with Gasteiger partial charge in [0.05, 0.1) is 6.42 Å². The number of hydrogen-bond donors (Lipinski definition) is 0. The third-order valence-electron chi connectivity index (χ3n) is 2.08. The third kappa shape index (κ3) is 2.73. The van der Waals surface area contributed by atoms with Crippen molar-refractivity contribution in [3.8, 4) is 0 Å². The predicted molar refractivity (Wildman–Crippen MR) is 64.2 cm³/mol. The fourth-order valence-electron chi connectivity index (χ4n) is 1.33. The van der Waals surface area contributed by atoms with Gasteiger partial charge in [-0.2, -0.15) is 0 Å². The molecule has 0 atom stereocenters. The van der Waals surface area contributed by atoms with Gasteiger partial charge in [0.1, 0.15) is 5.82 Å². The van der Waals surface area contributed by atoms with Gasteiger partial charge >= 0.3 is 0 Å². The van der Waals surface area contributed by atoms with E-state index in [1.54, 1.807) is 30.6 Å². The molecule has 0 aliphatic carbocycles. The predicted octanol–water partition coefficient (Wildman–Crippen LogP) is 2.66. The number of nitrogens with zero attached hydrogens (tertiary/aromatic N) is 2. The maximum Gasteiger partial charge on any atom is 0.170 e. The van der Waals surface area contributed by atoms with Crippen LogP contribution in [0.3, 0.4) is 0 Å². The second-order valence-electron chi connectivity index (χ2n) is 3.28. The van der Waals surface area contributed by atoms with Gasteiger partial charge in [0.2, 0.25) is 0 Å². The van der Waals surface area contributed by atoms with Crippen molar-refractivity contribution in [2.75, 3.05) is 0 Å². The summed E-state index contributed by atoms with van der Waals surface area (Å²) in [4.78, 5) is 19.9. The minimum Gasteiger partial charge on any atom is -0.294 e. The first kappa shape index (κ1) is 11.0. The first-order valence-corrected chi connectivity index (χ1v) is 5.59. The average Bonchev–Trinajstić information content (AvgIpc) is 2.30. The Bertz CT molecular complexity index is 499. The number of Topliss-reactive ketones (excluding diaryl/α,β-unsaturated/α-hetero) is 1. The van der Waals surface area contributed by atoms with E-state index in [1.165, 1.54) is 0 Å². The number of carbonyl (C=O) groups excluding carboxylic acids is 1. The number of carbonyl (C=O) groups is 1. The van der Waals surface area contributed by atoms with E-state index in [1.807, 2.05) is 12.1 Å². The lowest BCUT2D eigenvalue weighted by Crippen LogP contribution is -2.06. The normalized spacial score (nSPS) is 10.1. The van der Waals surface area contributed by atoms with Crippen molar-refractivity contribution in [3.05, 3.63) is 58.6 Å². The molecule has 3 nitrogen and oxygen atoms in total. The van der Waals surface area contributed by atoms with Crippen LogP contribution in [0.2, 0.25) is 0 Å². The zero-order valence-electron chi connectivity index (χ0n) is 8.43. The summed E-state index contributed by atoms with van der Waals surface area (Å²) in [6.07, 6.45) is 3.50. The van der Waals surface area contributed by atoms with Gasteiger partial charge in [-0.15, -0.1) is 0 Å². The van der Waals surface area contributed by atoms with E-state index in [-0.39, 0.29) is 12.2 Å². The summed E-state index contributed by atoms with van der Waals surface area (Å²) < 4.78 is 0.896. The van der Waals surface area contributed by atoms with Crippen LogP contribution in [-0.4, -0.2) is 15.8 Å². The number of ketones is 1. The molecule has 1 aromatic heterocycles. The number of benzene rings is 1. The maximum atomic E-state index is 11.9. The van der Waals surface area contributed by atoms with Crippen molar-refractivity contribution in [2.45, 2.75) is 6.42 Å². The molecule has 1 heterocycles. The summed E-state index contributed by atoms with van der Waals surface area (Å²) in [7, 11) is 0. The molecule has 16 heavy (non-hydrogen) atoms. The highest BCUT2D eigenvalue weighted by Gasteiger charge is 2.08. The van der Waals surface area contributed by atoms with E-state index < -0.39 is 0 Å². The zero-order valence-corrected chi connectivity index (χ0v) is 10.0. The standard InChI is InChI=1S/C12H9BrN2O/c13-10-4-1-3-9(7-10)11(16)8-12-14-5-2-6-15-12/h1-7H,8H2. The smallest absolute Gasteiger partial charge is 0.170 e. The Morgan fingerprint density at radius 3 is 2.62 bits per heavy atom. The Balaban J connectivity index is 2.15. The second-order valence-corrected chi connectivity index (χ2v) is 4.19. The number of hydrogen-bond acceptors (Lipinski definition) is 3. The molecule has 0 N–H and O–H groups in total. The van der Waals surface area contributed by atoms with Crippen LogP contribution >= 0.6 is 15.9 Å². The van der Waals surface area contributed by atoms with E-state index in [4.69, 9.17) is 0 Å². The molecule has 0 aliphatic heterocycles. The molecule has 0 amide bonds. The number of aromatic nitrogens is 2. The van der Waals surface area contributed by atoms with Gasteiger partial charge in [0, 0.05) is 22.4 Å². The van der Waals surface area contributed by atoms with E-state index in [2.05, 4.69) is 25.9 Å². The topological polar surface area (TPSA) is 42.9 Å². The van der Waals surface area contributed by atoms with Crippen LogP contribution in [0.15, 0.2) is 47.2 Å². The lowest BCUT2D eigenvalue weighted by Gasteiger charge is -2.00. The van der Waals surface area contributed by atoms with Crippen molar-refractivity contribution < 1.29 is 4.79 Å². The molecule has 80 valence electrons. The summed E-state index contributed by atoms with van der Waals surface area (Å²) in [5, 5.41) is 0. The van der Waals surface area contributed by atoms with E-state index in [0.717, 1.165) is 4.47 Å². The Kier molecular flexibility index (Phi) is 3.41. The van der Waals surface area contributed by atoms with Gasteiger partial charge in [-0.05, 0) is 18.2 Å². The highest BCUT2D eigenvalue weighted by Crippen LogP contribution is 2.13. The van der Waals surface area contributed by atoms with Gasteiger partial charge < -0.3 is 0 Å². The third-order valence-corrected chi connectivity index (χ3v) is 2.58. The number of halogens is 1. The molecule has 0 aliphatic rings. The van der Waals surface area contributed by atoms with Crippen molar-refractivity contribution in [1.29, 1.82) is 0 Å². The molecule has 0 saturated carbocycles. The van der Waals surface area contributed by atoms with E-state index in [0.29, 0.717) is 11.4 Å². The SMILES string of the molecule is O=C(Cc1ncccn1)c1cccc(Br)c1. The van der Waals surface area contributed by atoms with Gasteiger partial charge in [0.15, 0.2) is 5.78 Å². The number of rotatable bonds is 3. The lowest BCUT2D eigenvalue weighted by molar-refractivity contribution is 0.0990. The quantitative estimate of drug-likeness (QED) is 0.810. The highest BCUT2D eigenvalue weighted by atomic mass is 79.9. The van der Waals surface area contributed by atoms with Crippen LogP contribution < -0.4 is 0 Å². The van der Waals surface area contributed by atoms with Crippen LogP contribution in [0.4, 0.5) is 0 Å². The molecule has 4 heteroatoms. The fraction of sp³-hybridized carbons (Fsp3) is 0.0833. The Hall–Kier alpha value is -1.55. The first-order valence-electron chi connectivity index (χ1n) is 4.80. The summed E-state index contributed by atoms with van der Waals surface area (Å²) in [5.41, 5.74) is 0.668. The summed E-state index contributed by atoms with van der Waals surface area (Å²) in [6.45, 7) is 0. The Morgan fingerprint density at radius 1 is 1.19 bits per heavy atom. The summed E-state index contributed by atoms with van der Waals surface area (Å²) in [5.74, 6) is 0.569. The summed E-state index contributed by atoms with van der Waals surface area (Å²) >= 11 is 3.33. The van der Waals surface area contributed by atoms with E-state index >= 15 is 0 Å². The minimum absolute atomic E-state index is 0.0208. The first-order chi connectivity index (χ1) is 7.75. The highest BCUT2D eigenvalue weighted by molar-refractivity contribution is 9.10. The molecule has 0 bridgehead atoms. The van der Waals surface area contributed by atoms with Crippen LogP contribution in [-0.2, 0) is 6.42 Å². The molecule has 0 fully saturated rings. The largest absolute Gasteiger partial charge is 0.294 e. The molecular weight excluding hydrogens is 268 g/mol. The van der Waals surface area contributed by atoms with Crippen LogP contribution in [0, 0.1) is 0 Å². The van der Waals surface area contributed by atoms with Crippen LogP contribution in [0.25, 0.3) is 0 Å². The van der Waals surface area contributed by atoms with E-state index in [9.17, 15) is 4.79 Å². The molecule has 2 aromatic rings.